The van der Waals surface area contributed by atoms with Crippen LogP contribution in [0.25, 0.3) is 6.08 Å². The van der Waals surface area contributed by atoms with Crippen LogP contribution in [-0.2, 0) is 4.79 Å². The molecule has 196 valence electrons. The molecule has 5 nitrogen and oxygen atoms in total. The number of alkyl halides is 3. The highest BCUT2D eigenvalue weighted by atomic mass is 35.6. The van der Waals surface area contributed by atoms with Crippen LogP contribution in [-0.4, -0.2) is 31.1 Å². The molecule has 0 bridgehead atoms. The maximum absolute atomic E-state index is 13.1. The molecule has 10 heteroatoms. The molecule has 0 spiro atoms. The number of hydrogen-bond donors (Lipinski definition) is 1. The quantitative estimate of drug-likeness (QED) is 0.131. The minimum Gasteiger partial charge on any atom is -0.466 e. The first kappa shape index (κ1) is 28.5. The number of halogens is 3. The second kappa shape index (κ2) is 12.1. The zero-order valence-electron chi connectivity index (χ0n) is 20.4. The zero-order valence-corrected chi connectivity index (χ0v) is 24.3. The Bertz CT molecular complexity index is 1360. The Kier molecular flexibility index (Phi) is 9.06. The number of nitrogens with zero attached hydrogens (tertiary/aromatic N) is 1. The summed E-state index contributed by atoms with van der Waals surface area (Å²) in [5, 5.41) is 2.62. The first-order chi connectivity index (χ1) is 18.0. The predicted octanol–water partition coefficient (Wildman–Crippen LogP) is 7.46. The summed E-state index contributed by atoms with van der Waals surface area (Å²) in [6, 6.07) is 23.4. The highest BCUT2D eigenvalue weighted by molar-refractivity contribution is 8.26. The third kappa shape index (κ3) is 6.90. The van der Waals surface area contributed by atoms with E-state index in [4.69, 9.17) is 51.8 Å². The standard InChI is InChI=1S/C28H23Cl3N2O3S2/c1-17-8-12-21(13-9-17)24(34)32-26(28(29,30)31)36-22-14-10-19(11-15-22)16-23-25(35)33(27(37)38-23)18(2)20-6-4-3-5-7-20/h3-16,18,26H,1-2H3,(H,32,34)/b23-16-/t18-,26+/m1/s1. The van der Waals surface area contributed by atoms with Gasteiger partial charge in [-0.3, -0.25) is 14.5 Å². The summed E-state index contributed by atoms with van der Waals surface area (Å²) in [6.45, 7) is 3.87. The van der Waals surface area contributed by atoms with Gasteiger partial charge in [-0.05, 0) is 55.3 Å². The van der Waals surface area contributed by atoms with Crippen LogP contribution >= 0.6 is 58.8 Å². The van der Waals surface area contributed by atoms with Crippen LogP contribution in [0.15, 0.2) is 83.8 Å². The van der Waals surface area contributed by atoms with Crippen molar-refractivity contribution in [3.8, 4) is 5.75 Å². The molecule has 38 heavy (non-hydrogen) atoms. The molecule has 0 aliphatic carbocycles. The molecule has 0 radical (unpaired) electrons. The molecule has 3 aromatic carbocycles. The third-order valence-electron chi connectivity index (χ3n) is 5.80. The van der Waals surface area contributed by atoms with Crippen LogP contribution in [0.4, 0.5) is 0 Å². The molecule has 1 aliphatic rings. The first-order valence-corrected chi connectivity index (χ1v) is 13.9. The van der Waals surface area contributed by atoms with E-state index in [0.717, 1.165) is 16.7 Å². The van der Waals surface area contributed by atoms with Crippen molar-refractivity contribution < 1.29 is 14.3 Å². The minimum atomic E-state index is -1.93. The lowest BCUT2D eigenvalue weighted by molar-refractivity contribution is -0.123. The van der Waals surface area contributed by atoms with E-state index in [-0.39, 0.29) is 11.9 Å². The number of amides is 2. The SMILES string of the molecule is Cc1ccc(C(=O)N[C@@H](Oc2ccc(/C=C3\SC(=S)N([C@H](C)c4ccccc4)C3=O)cc2)C(Cl)(Cl)Cl)cc1. The van der Waals surface area contributed by atoms with Gasteiger partial charge in [0.05, 0.1) is 10.9 Å². The molecule has 1 heterocycles. The van der Waals surface area contributed by atoms with Crippen LogP contribution in [0.1, 0.15) is 40.0 Å². The van der Waals surface area contributed by atoms with Gasteiger partial charge in [-0.2, -0.15) is 0 Å². The minimum absolute atomic E-state index is 0.147. The Hall–Kier alpha value is -2.55. The van der Waals surface area contributed by atoms with Gasteiger partial charge in [0.15, 0.2) is 0 Å². The fourth-order valence-corrected chi connectivity index (χ4v) is 5.43. The third-order valence-corrected chi connectivity index (χ3v) is 7.72. The Morgan fingerprint density at radius 1 is 1.03 bits per heavy atom. The number of hydrogen-bond acceptors (Lipinski definition) is 5. The predicted molar refractivity (Wildman–Crippen MR) is 160 cm³/mol. The number of nitrogens with one attached hydrogen (secondary N) is 1. The van der Waals surface area contributed by atoms with Crippen LogP contribution in [0.3, 0.4) is 0 Å². The normalized spacial score (nSPS) is 16.4. The smallest absolute Gasteiger partial charge is 0.266 e. The Morgan fingerprint density at radius 3 is 2.26 bits per heavy atom. The summed E-state index contributed by atoms with van der Waals surface area (Å²) in [4.78, 5) is 27.9. The van der Waals surface area contributed by atoms with Crippen molar-refractivity contribution >= 4 is 81.0 Å². The number of thioether (sulfide) groups is 1. The van der Waals surface area contributed by atoms with Gasteiger partial charge < -0.3 is 10.1 Å². The molecule has 0 aromatic heterocycles. The number of aryl methyl sites for hydroxylation is 1. The van der Waals surface area contributed by atoms with Gasteiger partial charge in [-0.1, -0.05) is 119 Å². The molecule has 2 amide bonds. The van der Waals surface area contributed by atoms with Crippen LogP contribution in [0, 0.1) is 6.92 Å². The Morgan fingerprint density at radius 2 is 1.66 bits per heavy atom. The highest BCUT2D eigenvalue weighted by Crippen LogP contribution is 2.38. The van der Waals surface area contributed by atoms with Crippen molar-refractivity contribution in [3.05, 3.63) is 106 Å². The lowest BCUT2D eigenvalue weighted by Gasteiger charge is -2.26. The van der Waals surface area contributed by atoms with E-state index in [0.29, 0.717) is 20.5 Å². The second-order valence-electron chi connectivity index (χ2n) is 8.59. The largest absolute Gasteiger partial charge is 0.466 e. The molecular formula is C28H23Cl3N2O3S2. The molecule has 1 aliphatic heterocycles. The lowest BCUT2D eigenvalue weighted by Crippen LogP contribution is -2.47. The van der Waals surface area contributed by atoms with Crippen LogP contribution < -0.4 is 10.1 Å². The van der Waals surface area contributed by atoms with Gasteiger partial charge in [0.1, 0.15) is 10.1 Å². The van der Waals surface area contributed by atoms with E-state index in [1.54, 1.807) is 47.4 Å². The maximum Gasteiger partial charge on any atom is 0.266 e. The summed E-state index contributed by atoms with van der Waals surface area (Å²) >= 11 is 25.0. The topological polar surface area (TPSA) is 58.6 Å². The Balaban J connectivity index is 1.45. The Labute approximate surface area is 246 Å². The summed E-state index contributed by atoms with van der Waals surface area (Å²) < 4.78 is 4.38. The van der Waals surface area contributed by atoms with Crippen molar-refractivity contribution in [2.45, 2.75) is 29.9 Å². The van der Waals surface area contributed by atoms with Gasteiger partial charge >= 0.3 is 0 Å². The van der Waals surface area contributed by atoms with E-state index in [1.165, 1.54) is 11.8 Å². The van der Waals surface area contributed by atoms with E-state index < -0.39 is 15.9 Å². The van der Waals surface area contributed by atoms with Gasteiger partial charge in [0.2, 0.25) is 10.0 Å². The van der Waals surface area contributed by atoms with Crippen molar-refractivity contribution in [2.75, 3.05) is 0 Å². The number of carbonyl (C=O) groups is 2. The monoisotopic (exact) mass is 604 g/mol. The average Bonchev–Trinajstić information content (AvgIpc) is 3.16. The number of ether oxygens (including phenoxy) is 1. The summed E-state index contributed by atoms with van der Waals surface area (Å²) in [7, 11) is 0. The van der Waals surface area contributed by atoms with Crippen molar-refractivity contribution in [1.82, 2.24) is 10.2 Å². The summed E-state index contributed by atoms with van der Waals surface area (Å²) in [5.74, 6) is -0.218. The van der Waals surface area contributed by atoms with Gasteiger partial charge in [0.25, 0.3) is 11.8 Å². The fraction of sp³-hybridized carbons (Fsp3) is 0.179. The fourth-order valence-electron chi connectivity index (χ4n) is 3.71. The van der Waals surface area contributed by atoms with Crippen molar-refractivity contribution in [1.29, 1.82) is 0 Å². The molecular weight excluding hydrogens is 583 g/mol. The van der Waals surface area contributed by atoms with Crippen LogP contribution in [0.5, 0.6) is 5.75 Å². The number of carbonyl (C=O) groups excluding carboxylic acids is 2. The first-order valence-electron chi connectivity index (χ1n) is 11.6. The van der Waals surface area contributed by atoms with Gasteiger partial charge in [-0.15, -0.1) is 0 Å². The van der Waals surface area contributed by atoms with Crippen molar-refractivity contribution in [2.24, 2.45) is 0 Å². The van der Waals surface area contributed by atoms with Gasteiger partial charge in [0, 0.05) is 5.56 Å². The van der Waals surface area contributed by atoms with Crippen molar-refractivity contribution in [3.63, 3.8) is 0 Å². The second-order valence-corrected chi connectivity index (χ2v) is 12.6. The maximum atomic E-state index is 13.1. The molecule has 1 fully saturated rings. The van der Waals surface area contributed by atoms with Gasteiger partial charge in [-0.25, -0.2) is 0 Å². The highest BCUT2D eigenvalue weighted by Gasteiger charge is 2.37. The molecule has 1 N–H and O–H groups in total. The molecule has 0 saturated carbocycles. The molecule has 1 saturated heterocycles. The molecule has 0 unspecified atom stereocenters. The van der Waals surface area contributed by atoms with E-state index in [2.05, 4.69) is 5.32 Å². The van der Waals surface area contributed by atoms with E-state index >= 15 is 0 Å². The molecule has 3 aromatic rings. The number of rotatable bonds is 7. The molecule has 2 atom stereocenters. The summed E-state index contributed by atoms with van der Waals surface area (Å²) in [6.07, 6.45) is 0.523. The average molecular weight is 606 g/mol. The lowest BCUT2D eigenvalue weighted by atomic mass is 10.1. The van der Waals surface area contributed by atoms with E-state index in [1.807, 2.05) is 56.3 Å². The van der Waals surface area contributed by atoms with Crippen LogP contribution in [0.2, 0.25) is 0 Å². The van der Waals surface area contributed by atoms with E-state index in [9.17, 15) is 9.59 Å². The zero-order chi connectivity index (χ0) is 27.4. The summed E-state index contributed by atoms with van der Waals surface area (Å²) in [5.41, 5.74) is 3.19. The number of thiocarbonyl (C=S) groups is 1. The molecule has 4 rings (SSSR count). The number of benzene rings is 3.